The van der Waals surface area contributed by atoms with Gasteiger partial charge in [-0.15, -0.1) is 0 Å². The highest BCUT2D eigenvalue weighted by molar-refractivity contribution is 6.00. The summed E-state index contributed by atoms with van der Waals surface area (Å²) in [4.78, 5) is 12.5. The van der Waals surface area contributed by atoms with E-state index in [1.54, 1.807) is 6.21 Å². The maximum Gasteiger partial charge on any atom is 0.262 e. The van der Waals surface area contributed by atoms with Gasteiger partial charge in [0, 0.05) is 11.3 Å². The van der Waals surface area contributed by atoms with E-state index in [0.717, 1.165) is 27.6 Å². The Morgan fingerprint density at radius 2 is 1.85 bits per heavy atom. The molecule has 3 aromatic rings. The van der Waals surface area contributed by atoms with Gasteiger partial charge in [-0.2, -0.15) is 5.10 Å². The normalized spacial score (nSPS) is 12.3. The lowest BCUT2D eigenvalue weighted by molar-refractivity contribution is -0.121. The van der Waals surface area contributed by atoms with Crippen LogP contribution in [0.1, 0.15) is 30.0 Å². The number of rotatable bonds is 6. The van der Waals surface area contributed by atoms with E-state index >= 15 is 0 Å². The zero-order chi connectivity index (χ0) is 19.2. The smallest absolute Gasteiger partial charge is 0.262 e. The summed E-state index contributed by atoms with van der Waals surface area (Å²) in [6, 6.07) is 20.0. The number of benzene rings is 3. The first kappa shape index (κ1) is 18.6. The predicted octanol–water partition coefficient (Wildman–Crippen LogP) is 4.80. The first-order valence-corrected chi connectivity index (χ1v) is 9.23. The lowest BCUT2D eigenvalue weighted by atomic mass is 10.1. The monoisotopic (exact) mass is 359 g/mol. The van der Waals surface area contributed by atoms with Gasteiger partial charge in [-0.25, -0.2) is 5.43 Å². The maximum atomic E-state index is 12.5. The molecular formula is C23H25N3O. The summed E-state index contributed by atoms with van der Waals surface area (Å²) in [5.74, 6) is -0.144. The van der Waals surface area contributed by atoms with Crippen molar-refractivity contribution >= 4 is 28.6 Å². The van der Waals surface area contributed by atoms with Crippen LogP contribution in [0.15, 0.2) is 65.8 Å². The number of nitrogens with zero attached hydrogens (tertiary/aromatic N) is 1. The predicted molar refractivity (Wildman–Crippen MR) is 113 cm³/mol. The fraction of sp³-hybridized carbons (Fsp3) is 0.217. The Morgan fingerprint density at radius 1 is 1.07 bits per heavy atom. The molecule has 0 spiro atoms. The van der Waals surface area contributed by atoms with Gasteiger partial charge in [-0.3, -0.25) is 4.79 Å². The van der Waals surface area contributed by atoms with Crippen LogP contribution in [0.4, 0.5) is 5.69 Å². The standard InChI is InChI=1S/C23H25N3O/c1-4-21(25-22-13-12-16(2)14-17(22)3)23(27)26-24-15-19-10-7-9-18-8-5-6-11-20(18)19/h5-15,21,25H,4H2,1-3H3,(H,26,27)/b24-15-. The minimum atomic E-state index is -0.337. The molecule has 0 heterocycles. The van der Waals surface area contributed by atoms with Crippen LogP contribution in [-0.2, 0) is 4.79 Å². The van der Waals surface area contributed by atoms with E-state index in [0.29, 0.717) is 6.42 Å². The van der Waals surface area contributed by atoms with Crippen molar-refractivity contribution in [2.75, 3.05) is 5.32 Å². The van der Waals surface area contributed by atoms with Crippen molar-refractivity contribution < 1.29 is 4.79 Å². The third-order valence-corrected chi connectivity index (χ3v) is 4.64. The van der Waals surface area contributed by atoms with E-state index in [2.05, 4.69) is 47.0 Å². The molecule has 0 aromatic heterocycles. The Labute approximate surface area is 160 Å². The Hall–Kier alpha value is -3.14. The van der Waals surface area contributed by atoms with E-state index in [4.69, 9.17) is 0 Å². The van der Waals surface area contributed by atoms with Crippen LogP contribution < -0.4 is 10.7 Å². The minimum Gasteiger partial charge on any atom is -0.373 e. The van der Waals surface area contributed by atoms with E-state index < -0.39 is 0 Å². The molecule has 0 bridgehead atoms. The molecule has 0 fully saturated rings. The van der Waals surface area contributed by atoms with Gasteiger partial charge >= 0.3 is 0 Å². The Bertz CT molecular complexity index is 973. The number of anilines is 1. The van der Waals surface area contributed by atoms with Crippen molar-refractivity contribution in [1.29, 1.82) is 0 Å². The summed E-state index contributed by atoms with van der Waals surface area (Å²) in [6.45, 7) is 6.08. The highest BCUT2D eigenvalue weighted by Crippen LogP contribution is 2.18. The highest BCUT2D eigenvalue weighted by atomic mass is 16.2. The van der Waals surface area contributed by atoms with Crippen LogP contribution in [0.2, 0.25) is 0 Å². The van der Waals surface area contributed by atoms with Crippen molar-refractivity contribution in [1.82, 2.24) is 5.43 Å². The third kappa shape index (κ3) is 4.53. The maximum absolute atomic E-state index is 12.5. The molecule has 4 heteroatoms. The van der Waals surface area contributed by atoms with Crippen LogP contribution in [-0.4, -0.2) is 18.2 Å². The van der Waals surface area contributed by atoms with Gasteiger partial charge < -0.3 is 5.32 Å². The van der Waals surface area contributed by atoms with Gasteiger partial charge in [-0.05, 0) is 42.7 Å². The van der Waals surface area contributed by atoms with Crippen LogP contribution >= 0.6 is 0 Å². The van der Waals surface area contributed by atoms with Crippen LogP contribution in [0.25, 0.3) is 10.8 Å². The van der Waals surface area contributed by atoms with E-state index in [1.807, 2.05) is 50.2 Å². The summed E-state index contributed by atoms with van der Waals surface area (Å²) >= 11 is 0. The molecule has 1 atom stereocenters. The van der Waals surface area contributed by atoms with Crippen molar-refractivity contribution in [2.45, 2.75) is 33.2 Å². The Morgan fingerprint density at radius 3 is 2.63 bits per heavy atom. The molecule has 0 aliphatic rings. The second-order valence-electron chi connectivity index (χ2n) is 6.73. The molecule has 1 unspecified atom stereocenters. The molecule has 138 valence electrons. The number of hydrogen-bond acceptors (Lipinski definition) is 3. The largest absolute Gasteiger partial charge is 0.373 e. The van der Waals surface area contributed by atoms with Gasteiger partial charge in [0.1, 0.15) is 6.04 Å². The van der Waals surface area contributed by atoms with E-state index in [1.165, 1.54) is 5.56 Å². The van der Waals surface area contributed by atoms with Gasteiger partial charge in [0.15, 0.2) is 0 Å². The number of carbonyl (C=O) groups is 1. The molecule has 0 aliphatic carbocycles. The van der Waals surface area contributed by atoms with Gasteiger partial charge in [-0.1, -0.05) is 67.1 Å². The van der Waals surface area contributed by atoms with Crippen molar-refractivity contribution in [3.8, 4) is 0 Å². The second-order valence-corrected chi connectivity index (χ2v) is 6.73. The quantitative estimate of drug-likeness (QED) is 0.491. The van der Waals surface area contributed by atoms with Gasteiger partial charge in [0.2, 0.25) is 0 Å². The number of fused-ring (bicyclic) bond motifs is 1. The number of aryl methyl sites for hydroxylation is 2. The zero-order valence-electron chi connectivity index (χ0n) is 16.0. The van der Waals surface area contributed by atoms with Crippen molar-refractivity contribution in [2.24, 2.45) is 5.10 Å². The van der Waals surface area contributed by atoms with Crippen molar-refractivity contribution in [3.63, 3.8) is 0 Å². The lowest BCUT2D eigenvalue weighted by Gasteiger charge is -2.18. The number of carbonyl (C=O) groups excluding carboxylic acids is 1. The molecule has 1 amide bonds. The number of hydrazone groups is 1. The third-order valence-electron chi connectivity index (χ3n) is 4.64. The molecule has 27 heavy (non-hydrogen) atoms. The molecule has 0 radical (unpaired) electrons. The van der Waals surface area contributed by atoms with Crippen LogP contribution in [0, 0.1) is 13.8 Å². The fourth-order valence-corrected chi connectivity index (χ4v) is 3.12. The molecule has 0 aliphatic heterocycles. The first-order chi connectivity index (χ1) is 13.1. The Balaban J connectivity index is 1.68. The van der Waals surface area contributed by atoms with Crippen molar-refractivity contribution in [3.05, 3.63) is 77.4 Å². The number of amides is 1. The summed E-state index contributed by atoms with van der Waals surface area (Å²) < 4.78 is 0. The van der Waals surface area contributed by atoms with Crippen LogP contribution in [0.3, 0.4) is 0 Å². The lowest BCUT2D eigenvalue weighted by Crippen LogP contribution is -2.37. The number of nitrogens with one attached hydrogen (secondary N) is 2. The molecular weight excluding hydrogens is 334 g/mol. The first-order valence-electron chi connectivity index (χ1n) is 9.23. The zero-order valence-corrected chi connectivity index (χ0v) is 16.0. The summed E-state index contributed by atoms with van der Waals surface area (Å²) in [5, 5.41) is 9.75. The molecule has 0 saturated carbocycles. The molecule has 3 aromatic carbocycles. The van der Waals surface area contributed by atoms with Gasteiger partial charge in [0.05, 0.1) is 6.21 Å². The average Bonchev–Trinajstić information content (AvgIpc) is 2.67. The SMILES string of the molecule is CCC(Nc1ccc(C)cc1C)C(=O)N/N=C\c1cccc2ccccc12. The average molecular weight is 359 g/mol. The molecule has 3 rings (SSSR count). The number of hydrogen-bond donors (Lipinski definition) is 2. The summed E-state index contributed by atoms with van der Waals surface area (Å²) in [7, 11) is 0. The second kappa shape index (κ2) is 8.49. The molecule has 2 N–H and O–H groups in total. The fourth-order valence-electron chi connectivity index (χ4n) is 3.12. The topological polar surface area (TPSA) is 53.5 Å². The Kier molecular flexibility index (Phi) is 5.87. The molecule has 0 saturated heterocycles. The van der Waals surface area contributed by atoms with Gasteiger partial charge in [0.25, 0.3) is 5.91 Å². The highest BCUT2D eigenvalue weighted by Gasteiger charge is 2.16. The molecule has 4 nitrogen and oxygen atoms in total. The van der Waals surface area contributed by atoms with Crippen LogP contribution in [0.5, 0.6) is 0 Å². The summed E-state index contributed by atoms with van der Waals surface area (Å²) in [6.07, 6.45) is 2.37. The van der Waals surface area contributed by atoms with E-state index in [9.17, 15) is 4.79 Å². The summed E-state index contributed by atoms with van der Waals surface area (Å²) in [5.41, 5.74) is 6.94. The minimum absolute atomic E-state index is 0.144. The van der Waals surface area contributed by atoms with E-state index in [-0.39, 0.29) is 11.9 Å².